The predicted molar refractivity (Wildman–Crippen MR) is 69.1 cm³/mol. The van der Waals surface area contributed by atoms with Crippen molar-refractivity contribution in [2.75, 3.05) is 5.75 Å². The predicted octanol–water partition coefficient (Wildman–Crippen LogP) is 2.22. The fourth-order valence-electron chi connectivity index (χ4n) is 1.59. The summed E-state index contributed by atoms with van der Waals surface area (Å²) in [6, 6.07) is 0.879. The zero-order chi connectivity index (χ0) is 12.3. The van der Waals surface area contributed by atoms with Crippen LogP contribution < -0.4 is 5.32 Å². The fourth-order valence-corrected chi connectivity index (χ4v) is 2.43. The lowest BCUT2D eigenvalue weighted by Gasteiger charge is -2.11. The Morgan fingerprint density at radius 2 is 2.47 bits per heavy atom. The van der Waals surface area contributed by atoms with Gasteiger partial charge in [-0.15, -0.1) is 0 Å². The number of carbonyl (C=O) groups excluding carboxylic acids is 1. The molecule has 2 rings (SSSR count). The van der Waals surface area contributed by atoms with Crippen LogP contribution in [0.1, 0.15) is 39.2 Å². The molecule has 1 saturated carbocycles. The number of nitrogens with zero attached hydrogens (tertiary/aromatic N) is 2. The first-order valence-corrected chi connectivity index (χ1v) is 7.14. The standard InChI is InChI=1S/C12H19N3OS/c1-3-9(2)14-11(16)8-17-12-13-6-7-15(12)10-4-5-10/h6-7,9-10H,3-5,8H2,1-2H3,(H,14,16). The second-order valence-electron chi connectivity index (χ2n) is 4.51. The molecule has 5 heteroatoms. The third-order valence-electron chi connectivity index (χ3n) is 2.93. The molecule has 17 heavy (non-hydrogen) atoms. The second-order valence-corrected chi connectivity index (χ2v) is 5.46. The highest BCUT2D eigenvalue weighted by Gasteiger charge is 2.25. The van der Waals surface area contributed by atoms with Crippen LogP contribution in [0.4, 0.5) is 0 Å². The summed E-state index contributed by atoms with van der Waals surface area (Å²) in [4.78, 5) is 15.9. The summed E-state index contributed by atoms with van der Waals surface area (Å²) in [5.41, 5.74) is 0. The Morgan fingerprint density at radius 3 is 3.12 bits per heavy atom. The Balaban J connectivity index is 1.80. The molecule has 1 aromatic rings. The van der Waals surface area contributed by atoms with Gasteiger partial charge in [-0.2, -0.15) is 0 Å². The zero-order valence-corrected chi connectivity index (χ0v) is 11.2. The quantitative estimate of drug-likeness (QED) is 0.791. The molecule has 1 aliphatic rings. The van der Waals surface area contributed by atoms with Crippen molar-refractivity contribution in [2.45, 2.75) is 50.4 Å². The van der Waals surface area contributed by atoms with Crippen molar-refractivity contribution in [1.29, 1.82) is 0 Å². The molecule has 0 bridgehead atoms. The van der Waals surface area contributed by atoms with Crippen LogP contribution in [0.2, 0.25) is 0 Å². The number of nitrogens with one attached hydrogen (secondary N) is 1. The molecule has 1 unspecified atom stereocenters. The third-order valence-corrected chi connectivity index (χ3v) is 3.91. The van der Waals surface area contributed by atoms with Crippen molar-refractivity contribution in [1.82, 2.24) is 14.9 Å². The number of aromatic nitrogens is 2. The summed E-state index contributed by atoms with van der Waals surface area (Å²) >= 11 is 1.52. The minimum atomic E-state index is 0.0923. The molecule has 1 N–H and O–H groups in total. The summed E-state index contributed by atoms with van der Waals surface area (Å²) in [5, 5.41) is 3.92. The van der Waals surface area contributed by atoms with E-state index in [2.05, 4.69) is 21.8 Å². The molecule has 0 spiro atoms. The Labute approximate surface area is 106 Å². The number of imidazole rings is 1. The zero-order valence-electron chi connectivity index (χ0n) is 10.3. The van der Waals surface area contributed by atoms with Gasteiger partial charge in [0.2, 0.25) is 5.91 Å². The molecule has 1 aromatic heterocycles. The summed E-state index contributed by atoms with van der Waals surface area (Å²) < 4.78 is 2.18. The number of thioether (sulfide) groups is 1. The summed E-state index contributed by atoms with van der Waals surface area (Å²) in [6.45, 7) is 4.09. The monoisotopic (exact) mass is 253 g/mol. The molecule has 0 saturated heterocycles. The second kappa shape index (κ2) is 5.58. The lowest BCUT2D eigenvalue weighted by atomic mass is 10.3. The van der Waals surface area contributed by atoms with Gasteiger partial charge in [-0.05, 0) is 26.2 Å². The van der Waals surface area contributed by atoms with Gasteiger partial charge in [0.1, 0.15) is 0 Å². The van der Waals surface area contributed by atoms with E-state index in [1.807, 2.05) is 19.3 Å². The van der Waals surface area contributed by atoms with E-state index in [1.165, 1.54) is 24.6 Å². The molecule has 0 radical (unpaired) electrons. The van der Waals surface area contributed by atoms with E-state index in [9.17, 15) is 4.79 Å². The van der Waals surface area contributed by atoms with Crippen LogP contribution in [-0.4, -0.2) is 27.3 Å². The van der Waals surface area contributed by atoms with Crippen molar-refractivity contribution in [3.63, 3.8) is 0 Å². The van der Waals surface area contributed by atoms with Gasteiger partial charge in [-0.3, -0.25) is 4.79 Å². The maximum atomic E-state index is 11.6. The van der Waals surface area contributed by atoms with Crippen LogP contribution in [0.25, 0.3) is 0 Å². The number of hydrogen-bond donors (Lipinski definition) is 1. The highest BCUT2D eigenvalue weighted by atomic mass is 32.2. The van der Waals surface area contributed by atoms with Crippen molar-refractivity contribution < 1.29 is 4.79 Å². The van der Waals surface area contributed by atoms with Gasteiger partial charge in [0.25, 0.3) is 0 Å². The average molecular weight is 253 g/mol. The molecule has 1 amide bonds. The summed E-state index contributed by atoms with van der Waals surface area (Å²) in [7, 11) is 0. The molecule has 4 nitrogen and oxygen atoms in total. The third kappa shape index (κ3) is 3.49. The first kappa shape index (κ1) is 12.5. The van der Waals surface area contributed by atoms with E-state index < -0.39 is 0 Å². The number of rotatable bonds is 6. The van der Waals surface area contributed by atoms with E-state index in [0.717, 1.165) is 11.6 Å². The van der Waals surface area contributed by atoms with E-state index >= 15 is 0 Å². The van der Waals surface area contributed by atoms with Crippen LogP contribution in [0, 0.1) is 0 Å². The molecule has 94 valence electrons. The van der Waals surface area contributed by atoms with Gasteiger partial charge in [-0.25, -0.2) is 4.98 Å². The van der Waals surface area contributed by atoms with Crippen LogP contribution in [0.3, 0.4) is 0 Å². The Kier molecular flexibility index (Phi) is 4.10. The highest BCUT2D eigenvalue weighted by Crippen LogP contribution is 2.37. The fraction of sp³-hybridized carbons (Fsp3) is 0.667. The molecular weight excluding hydrogens is 234 g/mol. The minimum absolute atomic E-state index is 0.0923. The van der Waals surface area contributed by atoms with Crippen LogP contribution in [0.5, 0.6) is 0 Å². The van der Waals surface area contributed by atoms with E-state index in [-0.39, 0.29) is 11.9 Å². The topological polar surface area (TPSA) is 46.9 Å². The minimum Gasteiger partial charge on any atom is -0.353 e. The van der Waals surface area contributed by atoms with Crippen LogP contribution in [0.15, 0.2) is 17.6 Å². The molecular formula is C12H19N3OS. The normalized spacial score (nSPS) is 16.8. The first-order chi connectivity index (χ1) is 8.20. The van der Waals surface area contributed by atoms with Gasteiger partial charge in [0.15, 0.2) is 5.16 Å². The lowest BCUT2D eigenvalue weighted by molar-refractivity contribution is -0.119. The number of hydrogen-bond acceptors (Lipinski definition) is 3. The van der Waals surface area contributed by atoms with Gasteiger partial charge < -0.3 is 9.88 Å². The van der Waals surface area contributed by atoms with E-state index in [4.69, 9.17) is 0 Å². The number of amides is 1. The van der Waals surface area contributed by atoms with Crippen molar-refractivity contribution in [2.24, 2.45) is 0 Å². The lowest BCUT2D eigenvalue weighted by Crippen LogP contribution is -2.33. The number of carbonyl (C=O) groups is 1. The molecule has 1 atom stereocenters. The SMILES string of the molecule is CCC(C)NC(=O)CSc1nccn1C1CC1. The van der Waals surface area contributed by atoms with Gasteiger partial charge in [0, 0.05) is 24.5 Å². The van der Waals surface area contributed by atoms with Gasteiger partial charge in [0.05, 0.1) is 5.75 Å². The van der Waals surface area contributed by atoms with Crippen molar-refractivity contribution in [3.8, 4) is 0 Å². The first-order valence-electron chi connectivity index (χ1n) is 6.15. The maximum Gasteiger partial charge on any atom is 0.230 e. The van der Waals surface area contributed by atoms with Crippen LogP contribution >= 0.6 is 11.8 Å². The molecule has 1 heterocycles. The molecule has 0 aliphatic heterocycles. The van der Waals surface area contributed by atoms with Crippen molar-refractivity contribution >= 4 is 17.7 Å². The summed E-state index contributed by atoms with van der Waals surface area (Å²) in [5.74, 6) is 0.545. The molecule has 0 aromatic carbocycles. The largest absolute Gasteiger partial charge is 0.353 e. The maximum absolute atomic E-state index is 11.6. The molecule has 1 aliphatic carbocycles. The van der Waals surface area contributed by atoms with Gasteiger partial charge in [-0.1, -0.05) is 18.7 Å². The smallest absolute Gasteiger partial charge is 0.230 e. The summed E-state index contributed by atoms with van der Waals surface area (Å²) in [6.07, 6.45) is 7.26. The Bertz CT molecular complexity index is 387. The van der Waals surface area contributed by atoms with E-state index in [1.54, 1.807) is 0 Å². The van der Waals surface area contributed by atoms with E-state index in [0.29, 0.717) is 11.8 Å². The highest BCUT2D eigenvalue weighted by molar-refractivity contribution is 7.99. The van der Waals surface area contributed by atoms with Gasteiger partial charge >= 0.3 is 0 Å². The average Bonchev–Trinajstić information content (AvgIpc) is 3.05. The van der Waals surface area contributed by atoms with Crippen molar-refractivity contribution in [3.05, 3.63) is 12.4 Å². The molecule has 1 fully saturated rings. The van der Waals surface area contributed by atoms with Crippen LogP contribution in [-0.2, 0) is 4.79 Å². The Morgan fingerprint density at radius 1 is 1.71 bits per heavy atom. The Hall–Kier alpha value is -0.970.